The number of fused-ring (bicyclic) bond motifs is 2. The predicted octanol–water partition coefficient (Wildman–Crippen LogP) is 7.95. The fraction of sp³-hybridized carbons (Fsp3) is 0.414. The van der Waals surface area contributed by atoms with Gasteiger partial charge in [-0.1, -0.05) is 145 Å². The first-order chi connectivity index (χ1) is 34.3. The number of hydrogen-bond acceptors (Lipinski definition) is 14. The van der Waals surface area contributed by atoms with Crippen LogP contribution in [0.4, 0.5) is 0 Å². The minimum Gasteiger partial charge on any atom is -0.507 e. The number of esters is 2. The summed E-state index contributed by atoms with van der Waals surface area (Å²) in [5.74, 6) is -2.29. The molecular formula is C58H76O14. The summed E-state index contributed by atoms with van der Waals surface area (Å²) in [6.07, 6.45) is 21.8. The summed E-state index contributed by atoms with van der Waals surface area (Å²) in [7, 11) is 0. The first kappa shape index (κ1) is 60.4. The van der Waals surface area contributed by atoms with Gasteiger partial charge in [0, 0.05) is 38.5 Å². The normalized spacial score (nSPS) is 30.7. The molecule has 0 aromatic heterocycles. The fourth-order valence-corrected chi connectivity index (χ4v) is 7.89. The van der Waals surface area contributed by atoms with E-state index in [1.165, 1.54) is 38.1 Å². The van der Waals surface area contributed by atoms with Crippen LogP contribution >= 0.6 is 0 Å². The van der Waals surface area contributed by atoms with Gasteiger partial charge in [-0.05, 0) is 76.6 Å². The third-order valence-electron chi connectivity index (χ3n) is 11.3. The maximum Gasteiger partial charge on any atom is 0.342 e. The number of aliphatic hydroxyl groups excluding tert-OH is 8. The maximum absolute atomic E-state index is 13.5. The van der Waals surface area contributed by atoms with Crippen LogP contribution < -0.4 is 0 Å². The van der Waals surface area contributed by atoms with E-state index in [4.69, 9.17) is 9.47 Å². The number of rotatable bonds is 4. The minimum absolute atomic E-state index is 0.0244. The van der Waals surface area contributed by atoms with Crippen LogP contribution in [0.25, 0.3) is 12.2 Å². The molecule has 0 aliphatic carbocycles. The number of aromatic hydroxyl groups is 2. The van der Waals surface area contributed by atoms with Crippen LogP contribution in [0.1, 0.15) is 124 Å². The quantitative estimate of drug-likeness (QED) is 0.103. The molecule has 14 heteroatoms. The van der Waals surface area contributed by atoms with E-state index in [9.17, 15) is 60.7 Å². The second-order valence-corrected chi connectivity index (χ2v) is 18.4. The molecule has 0 amide bonds. The van der Waals surface area contributed by atoms with Crippen LogP contribution in [0.5, 0.6) is 11.5 Å². The Morgan fingerprint density at radius 3 is 1.25 bits per heavy atom. The van der Waals surface area contributed by atoms with E-state index in [-0.39, 0.29) is 86.8 Å². The number of cyclic esters (lactones) is 2. The van der Waals surface area contributed by atoms with Gasteiger partial charge in [0.15, 0.2) is 0 Å². The topological polar surface area (TPSA) is 255 Å². The molecule has 1 aliphatic heterocycles. The fourth-order valence-electron chi connectivity index (χ4n) is 7.89. The molecule has 0 fully saturated rings. The maximum atomic E-state index is 13.5. The third kappa shape index (κ3) is 24.5. The van der Waals surface area contributed by atoms with Crippen LogP contribution in [0, 0.1) is 0 Å². The summed E-state index contributed by atoms with van der Waals surface area (Å²) >= 11 is 0. The van der Waals surface area contributed by atoms with Crippen molar-refractivity contribution in [3.05, 3.63) is 167 Å². The number of allylic oxidation sites excluding steroid dienone is 12. The molecule has 10 N–H and O–H groups in total. The number of aliphatic hydroxyl groups is 8. The van der Waals surface area contributed by atoms with E-state index in [2.05, 4.69) is 0 Å². The lowest BCUT2D eigenvalue weighted by atomic mass is 10.0. The number of benzene rings is 2. The molecule has 0 saturated carbocycles. The SMILES string of the molecule is C\C1=C/C=C/C=C/C=C/c2cccc(O)c2C(=O)O[C@@H](C[C@@H](C)O)C[C@@H](O)C/C=C/[C@@H](O)C[C@@H](O)C/C(C)=C/C=C/C=C/C=C\c2cccc(O)c2C(=O)O[C@@H](C[C@@H](C)O)CC(O)C/C=C/C(O)C[C@@H](O)C1. The van der Waals surface area contributed by atoms with Crippen LogP contribution in [0.2, 0.25) is 0 Å². The lowest BCUT2D eigenvalue weighted by Gasteiger charge is -2.22. The lowest BCUT2D eigenvalue weighted by molar-refractivity contribution is -0.00168. The Morgan fingerprint density at radius 1 is 0.514 bits per heavy atom. The summed E-state index contributed by atoms with van der Waals surface area (Å²) in [6, 6.07) is 9.14. The van der Waals surface area contributed by atoms with Gasteiger partial charge >= 0.3 is 11.9 Å². The molecule has 2 aromatic rings. The Hall–Kier alpha value is -5.94. The van der Waals surface area contributed by atoms with Crippen LogP contribution in [0.3, 0.4) is 0 Å². The van der Waals surface area contributed by atoms with Gasteiger partial charge in [0.2, 0.25) is 0 Å². The zero-order valence-electron chi connectivity index (χ0n) is 41.8. The second-order valence-electron chi connectivity index (χ2n) is 18.4. The van der Waals surface area contributed by atoms with Gasteiger partial charge in [0.1, 0.15) is 34.8 Å². The molecule has 0 saturated heterocycles. The minimum atomic E-state index is -1.01. The first-order valence-corrected chi connectivity index (χ1v) is 24.5. The van der Waals surface area contributed by atoms with Gasteiger partial charge in [0.05, 0.1) is 48.8 Å². The first-order valence-electron chi connectivity index (χ1n) is 24.5. The Bertz CT molecular complexity index is 2130. The Balaban J connectivity index is 1.82. The highest BCUT2D eigenvalue weighted by molar-refractivity contribution is 5.97. The van der Waals surface area contributed by atoms with E-state index in [1.54, 1.807) is 109 Å². The molecule has 1 heterocycles. The highest BCUT2D eigenvalue weighted by atomic mass is 16.5. The van der Waals surface area contributed by atoms with E-state index in [0.29, 0.717) is 11.1 Å². The summed E-state index contributed by atoms with van der Waals surface area (Å²) in [6.45, 7) is 6.75. The van der Waals surface area contributed by atoms with Crippen molar-refractivity contribution in [3.63, 3.8) is 0 Å². The molecule has 0 spiro atoms. The number of hydrogen-bond donors (Lipinski definition) is 10. The summed E-state index contributed by atoms with van der Waals surface area (Å²) in [5.41, 5.74) is 2.27. The van der Waals surface area contributed by atoms with Crippen molar-refractivity contribution in [2.45, 2.75) is 153 Å². The smallest absolute Gasteiger partial charge is 0.342 e. The molecule has 0 radical (unpaired) electrons. The zero-order valence-corrected chi connectivity index (χ0v) is 41.8. The summed E-state index contributed by atoms with van der Waals surface area (Å²) < 4.78 is 11.5. The van der Waals surface area contributed by atoms with Crippen molar-refractivity contribution < 1.29 is 70.1 Å². The largest absolute Gasteiger partial charge is 0.507 e. The second kappa shape index (κ2) is 32.9. The molecule has 0 bridgehead atoms. The van der Waals surface area contributed by atoms with Crippen LogP contribution in [-0.2, 0) is 9.47 Å². The van der Waals surface area contributed by atoms with Crippen molar-refractivity contribution in [2.24, 2.45) is 0 Å². The standard InChI is InChI=1S/C58H76O14/c1-39-19-11-7-5-9-13-21-43-23-15-29-53(67)55(43)57(69)72-52(34-42(4)60)38-48(64)28-18-26-46(62)36-50(66)32-40(2)20-12-8-6-10-14-22-44-24-16-30-54(68)56(44)58(70)71-51(33-41(3)59)37-47(63)27-17-25-45(61)35-49(65)31-39/h5-26,29-30,41-42,45-52,59-68H,27-28,31-38H2,1-4H3/b9-5+,10-6+,11-7+,12-8+,21-13-,22-14+,25-17+,26-18+,39-19+,40-20+/t41-,42-,45-,46?,47+,48?,49+,50+,51+,52+/m1/s1. The average molecular weight is 997 g/mol. The van der Waals surface area contributed by atoms with Gasteiger partial charge in [-0.25, -0.2) is 9.59 Å². The highest BCUT2D eigenvalue weighted by Gasteiger charge is 2.26. The molecule has 72 heavy (non-hydrogen) atoms. The Labute approximate surface area is 424 Å². The predicted molar refractivity (Wildman–Crippen MR) is 281 cm³/mol. The summed E-state index contributed by atoms with van der Waals surface area (Å²) in [5, 5.41) is 106. The molecule has 2 unspecified atom stereocenters. The molecule has 3 rings (SSSR count). The van der Waals surface area contributed by atoms with Crippen LogP contribution in [-0.4, -0.2) is 124 Å². The van der Waals surface area contributed by atoms with Gasteiger partial charge < -0.3 is 60.5 Å². The van der Waals surface area contributed by atoms with Gasteiger partial charge in [-0.2, -0.15) is 0 Å². The third-order valence-corrected chi connectivity index (χ3v) is 11.3. The molecule has 10 atom stereocenters. The van der Waals surface area contributed by atoms with Crippen molar-refractivity contribution in [1.29, 1.82) is 0 Å². The van der Waals surface area contributed by atoms with Gasteiger partial charge in [-0.15, -0.1) is 0 Å². The Morgan fingerprint density at radius 2 is 0.875 bits per heavy atom. The van der Waals surface area contributed by atoms with Crippen molar-refractivity contribution >= 4 is 24.1 Å². The van der Waals surface area contributed by atoms with E-state index in [0.717, 1.165) is 11.1 Å². The molecule has 392 valence electrons. The van der Waals surface area contributed by atoms with Crippen molar-refractivity contribution in [3.8, 4) is 11.5 Å². The number of phenols is 2. The monoisotopic (exact) mass is 997 g/mol. The Kier molecular flexibility index (Phi) is 27.6. The zero-order chi connectivity index (χ0) is 53.0. The van der Waals surface area contributed by atoms with E-state index >= 15 is 0 Å². The lowest BCUT2D eigenvalue weighted by Crippen LogP contribution is -2.27. The summed E-state index contributed by atoms with van der Waals surface area (Å²) in [4.78, 5) is 26.9. The number of carbonyl (C=O) groups is 2. The van der Waals surface area contributed by atoms with E-state index in [1.807, 2.05) is 26.0 Å². The molecule has 2 aromatic carbocycles. The van der Waals surface area contributed by atoms with E-state index < -0.39 is 73.0 Å². The number of phenolic OH excluding ortho intramolecular Hbond substituents is 2. The molecular weight excluding hydrogens is 921 g/mol. The van der Waals surface area contributed by atoms with Crippen LogP contribution in [0.15, 0.2) is 145 Å². The highest BCUT2D eigenvalue weighted by Crippen LogP contribution is 2.27. The molecule has 1 aliphatic rings. The van der Waals surface area contributed by atoms with Crippen molar-refractivity contribution in [1.82, 2.24) is 0 Å². The molecule has 14 nitrogen and oxygen atoms in total. The number of ether oxygens (including phenoxy) is 2. The van der Waals surface area contributed by atoms with Crippen molar-refractivity contribution in [2.75, 3.05) is 0 Å². The van der Waals surface area contributed by atoms with Gasteiger partial charge in [-0.3, -0.25) is 0 Å². The average Bonchev–Trinajstić information content (AvgIpc) is 3.27. The van der Waals surface area contributed by atoms with Gasteiger partial charge in [0.25, 0.3) is 0 Å². The number of carbonyl (C=O) groups excluding carboxylic acids is 2.